The molecule has 1 saturated heterocycles. The van der Waals surface area contributed by atoms with E-state index in [1.54, 1.807) is 23.1 Å². The minimum atomic E-state index is 0.130. The van der Waals surface area contributed by atoms with Crippen molar-refractivity contribution in [3.63, 3.8) is 0 Å². The number of rotatable bonds is 6. The molecular formula is C24H26ClN3OS2. The zero-order valence-corrected chi connectivity index (χ0v) is 20.0. The number of hydrogen-bond donors (Lipinski definition) is 0. The Bertz CT molecular complexity index is 1020. The number of thioether (sulfide) groups is 1. The molecule has 4 rings (SSSR count). The Labute approximate surface area is 197 Å². The first-order valence-electron chi connectivity index (χ1n) is 10.5. The molecule has 0 atom stereocenters. The third-order valence-electron chi connectivity index (χ3n) is 5.35. The summed E-state index contributed by atoms with van der Waals surface area (Å²) in [4.78, 5) is 23.4. The fourth-order valence-electron chi connectivity index (χ4n) is 3.75. The van der Waals surface area contributed by atoms with Gasteiger partial charge in [0.25, 0.3) is 5.91 Å². The summed E-state index contributed by atoms with van der Waals surface area (Å²) in [6.07, 6.45) is 0.979. The minimum Gasteiger partial charge on any atom is -0.337 e. The molecule has 4 nitrogen and oxygen atoms in total. The van der Waals surface area contributed by atoms with Crippen molar-refractivity contribution in [2.75, 3.05) is 26.2 Å². The summed E-state index contributed by atoms with van der Waals surface area (Å²) in [5.41, 5.74) is 3.12. The van der Waals surface area contributed by atoms with Gasteiger partial charge in [0, 0.05) is 53.8 Å². The van der Waals surface area contributed by atoms with Crippen LogP contribution in [0.2, 0.25) is 5.02 Å². The van der Waals surface area contributed by atoms with Gasteiger partial charge in [-0.25, -0.2) is 4.98 Å². The number of carbonyl (C=O) groups excluding carboxylic acids is 1. The lowest BCUT2D eigenvalue weighted by molar-refractivity contribution is 0.0757. The number of aromatic nitrogens is 1. The summed E-state index contributed by atoms with van der Waals surface area (Å²) < 4.78 is 0. The molecule has 31 heavy (non-hydrogen) atoms. The summed E-state index contributed by atoms with van der Waals surface area (Å²) in [5, 5.41) is 3.93. The van der Waals surface area contributed by atoms with Gasteiger partial charge in [-0.05, 0) is 43.2 Å². The van der Waals surface area contributed by atoms with E-state index >= 15 is 0 Å². The summed E-state index contributed by atoms with van der Waals surface area (Å²) in [6, 6.07) is 16.0. The maximum atomic E-state index is 13.4. The fourth-order valence-corrected chi connectivity index (χ4v) is 5.53. The van der Waals surface area contributed by atoms with Crippen LogP contribution in [-0.4, -0.2) is 46.9 Å². The van der Waals surface area contributed by atoms with Crippen molar-refractivity contribution in [1.29, 1.82) is 0 Å². The molecule has 0 radical (unpaired) electrons. The van der Waals surface area contributed by atoms with Crippen molar-refractivity contribution in [3.05, 3.63) is 80.8 Å². The predicted octanol–water partition coefficient (Wildman–Crippen LogP) is 5.75. The van der Waals surface area contributed by atoms with Gasteiger partial charge in [0.05, 0.1) is 16.3 Å². The predicted molar refractivity (Wildman–Crippen MR) is 130 cm³/mol. The van der Waals surface area contributed by atoms with E-state index in [4.69, 9.17) is 11.6 Å². The maximum absolute atomic E-state index is 13.4. The summed E-state index contributed by atoms with van der Waals surface area (Å²) in [7, 11) is 0. The number of benzene rings is 2. The van der Waals surface area contributed by atoms with Crippen LogP contribution in [0.5, 0.6) is 0 Å². The Kier molecular flexibility index (Phi) is 7.67. The quantitative estimate of drug-likeness (QED) is 0.429. The van der Waals surface area contributed by atoms with E-state index in [1.165, 1.54) is 5.56 Å². The molecule has 1 aliphatic heterocycles. The SMILES string of the molecule is Cc1nc(CSc2ccccc2C(=O)N2CCCN(Cc3ccc(Cl)cc3)CC2)cs1. The summed E-state index contributed by atoms with van der Waals surface area (Å²) >= 11 is 9.36. The standard InChI is InChI=1S/C24H26ClN3OS2/c1-18-26-21(16-30-18)17-31-23-6-3-2-5-22(23)24(29)28-12-4-11-27(13-14-28)15-19-7-9-20(25)10-8-19/h2-3,5-10,16H,4,11-15,17H2,1H3. The Hall–Kier alpha value is -1.86. The zero-order chi connectivity index (χ0) is 21.6. The monoisotopic (exact) mass is 471 g/mol. The van der Waals surface area contributed by atoms with Gasteiger partial charge >= 0.3 is 0 Å². The molecule has 1 aliphatic rings. The average Bonchev–Trinajstić information content (AvgIpc) is 3.06. The number of carbonyl (C=O) groups is 1. The van der Waals surface area contributed by atoms with E-state index in [-0.39, 0.29) is 5.91 Å². The van der Waals surface area contributed by atoms with Crippen molar-refractivity contribution in [3.8, 4) is 0 Å². The van der Waals surface area contributed by atoms with Crippen LogP contribution in [0.4, 0.5) is 0 Å². The molecule has 3 aromatic rings. The molecule has 0 N–H and O–H groups in total. The van der Waals surface area contributed by atoms with Crippen LogP contribution >= 0.6 is 34.7 Å². The van der Waals surface area contributed by atoms with Crippen LogP contribution in [-0.2, 0) is 12.3 Å². The molecule has 162 valence electrons. The van der Waals surface area contributed by atoms with Gasteiger partial charge in [0.15, 0.2) is 0 Å². The first-order chi connectivity index (χ1) is 15.1. The minimum absolute atomic E-state index is 0.130. The highest BCUT2D eigenvalue weighted by Crippen LogP contribution is 2.28. The largest absolute Gasteiger partial charge is 0.337 e. The second kappa shape index (κ2) is 10.6. The Morgan fingerprint density at radius 2 is 1.90 bits per heavy atom. The summed E-state index contributed by atoms with van der Waals surface area (Å²) in [6.45, 7) is 6.31. The third kappa shape index (κ3) is 6.10. The van der Waals surface area contributed by atoms with E-state index in [0.29, 0.717) is 0 Å². The lowest BCUT2D eigenvalue weighted by Gasteiger charge is -2.23. The molecule has 0 unspecified atom stereocenters. The van der Waals surface area contributed by atoms with Crippen LogP contribution < -0.4 is 0 Å². The highest BCUT2D eigenvalue weighted by molar-refractivity contribution is 7.98. The second-order valence-corrected chi connectivity index (χ2v) is 10.2. The van der Waals surface area contributed by atoms with Gasteiger partial charge in [0.2, 0.25) is 0 Å². The van der Waals surface area contributed by atoms with Gasteiger partial charge in [-0.15, -0.1) is 23.1 Å². The van der Waals surface area contributed by atoms with Crippen LogP contribution in [0.1, 0.15) is 33.0 Å². The number of nitrogens with zero attached hydrogens (tertiary/aromatic N) is 3. The molecule has 2 heterocycles. The lowest BCUT2D eigenvalue weighted by Crippen LogP contribution is -2.35. The Morgan fingerprint density at radius 3 is 2.68 bits per heavy atom. The molecular weight excluding hydrogens is 446 g/mol. The molecule has 1 amide bonds. The van der Waals surface area contributed by atoms with Crippen molar-refractivity contribution >= 4 is 40.6 Å². The van der Waals surface area contributed by atoms with Crippen molar-refractivity contribution < 1.29 is 4.79 Å². The Balaban J connectivity index is 1.38. The van der Waals surface area contributed by atoms with Crippen LogP contribution in [0.25, 0.3) is 0 Å². The number of halogens is 1. The van der Waals surface area contributed by atoms with Crippen LogP contribution in [0.3, 0.4) is 0 Å². The van der Waals surface area contributed by atoms with E-state index in [1.807, 2.05) is 48.2 Å². The van der Waals surface area contributed by atoms with Gasteiger partial charge < -0.3 is 4.90 Å². The third-order valence-corrected chi connectivity index (χ3v) is 7.54. The van der Waals surface area contributed by atoms with E-state index in [2.05, 4.69) is 27.4 Å². The zero-order valence-electron chi connectivity index (χ0n) is 17.6. The van der Waals surface area contributed by atoms with Crippen molar-refractivity contribution in [1.82, 2.24) is 14.8 Å². The number of hydrogen-bond acceptors (Lipinski definition) is 5. The van der Waals surface area contributed by atoms with Crippen LogP contribution in [0.15, 0.2) is 58.8 Å². The average molecular weight is 472 g/mol. The molecule has 7 heteroatoms. The summed E-state index contributed by atoms with van der Waals surface area (Å²) in [5.74, 6) is 0.912. The molecule has 0 spiro atoms. The molecule has 1 fully saturated rings. The van der Waals surface area contributed by atoms with E-state index < -0.39 is 0 Å². The van der Waals surface area contributed by atoms with Crippen molar-refractivity contribution in [2.24, 2.45) is 0 Å². The normalized spacial score (nSPS) is 15.1. The van der Waals surface area contributed by atoms with Gasteiger partial charge in [0.1, 0.15) is 0 Å². The van der Waals surface area contributed by atoms with Crippen LogP contribution in [0, 0.1) is 6.92 Å². The van der Waals surface area contributed by atoms with Gasteiger partial charge in [-0.3, -0.25) is 9.69 Å². The molecule has 1 aromatic heterocycles. The number of amides is 1. The molecule has 2 aromatic carbocycles. The lowest BCUT2D eigenvalue weighted by atomic mass is 10.2. The highest BCUT2D eigenvalue weighted by atomic mass is 35.5. The van der Waals surface area contributed by atoms with Gasteiger partial charge in [-0.1, -0.05) is 35.9 Å². The fraction of sp³-hybridized carbons (Fsp3) is 0.333. The second-order valence-electron chi connectivity index (χ2n) is 7.69. The van der Waals surface area contributed by atoms with E-state index in [9.17, 15) is 4.79 Å². The van der Waals surface area contributed by atoms with Crippen molar-refractivity contribution in [2.45, 2.75) is 30.5 Å². The number of aryl methyl sites for hydroxylation is 1. The first-order valence-corrected chi connectivity index (χ1v) is 12.7. The Morgan fingerprint density at radius 1 is 1.10 bits per heavy atom. The first kappa shape index (κ1) is 22.3. The smallest absolute Gasteiger partial charge is 0.255 e. The topological polar surface area (TPSA) is 36.4 Å². The molecule has 0 bridgehead atoms. The number of thiazole rings is 1. The highest BCUT2D eigenvalue weighted by Gasteiger charge is 2.22. The van der Waals surface area contributed by atoms with E-state index in [0.717, 1.165) is 71.1 Å². The van der Waals surface area contributed by atoms with Gasteiger partial charge in [-0.2, -0.15) is 0 Å². The molecule has 0 aliphatic carbocycles. The maximum Gasteiger partial charge on any atom is 0.255 e. The molecule has 0 saturated carbocycles.